The summed E-state index contributed by atoms with van der Waals surface area (Å²) < 4.78 is 5.20. The molecule has 1 saturated heterocycles. The van der Waals surface area contributed by atoms with Crippen LogP contribution < -0.4 is 4.74 Å². The highest BCUT2D eigenvalue weighted by Crippen LogP contribution is 2.13. The van der Waals surface area contributed by atoms with Crippen LogP contribution in [0.25, 0.3) is 0 Å². The number of carbonyl (C=O) groups is 2. The molecule has 0 saturated carbocycles. The van der Waals surface area contributed by atoms with Gasteiger partial charge < -0.3 is 4.74 Å². The number of hydrogen-bond acceptors (Lipinski definition) is 4. The Labute approximate surface area is 92.5 Å². The Balaban J connectivity index is 1.80. The third kappa shape index (κ3) is 2.38. The average molecular weight is 221 g/mol. The summed E-state index contributed by atoms with van der Waals surface area (Å²) in [6.45, 7) is -0.151. The molecule has 1 aliphatic rings. The van der Waals surface area contributed by atoms with Gasteiger partial charge in [-0.1, -0.05) is 18.2 Å². The number of hydroxylamine groups is 2. The fourth-order valence-corrected chi connectivity index (χ4v) is 1.36. The number of para-hydroxylation sites is 1. The van der Waals surface area contributed by atoms with E-state index in [2.05, 4.69) is 0 Å². The van der Waals surface area contributed by atoms with Crippen molar-refractivity contribution in [2.45, 2.75) is 12.8 Å². The van der Waals surface area contributed by atoms with Gasteiger partial charge in [0.25, 0.3) is 11.8 Å². The predicted molar refractivity (Wildman–Crippen MR) is 54.1 cm³/mol. The number of imide groups is 1. The first-order valence-corrected chi connectivity index (χ1v) is 4.94. The zero-order chi connectivity index (χ0) is 11.4. The summed E-state index contributed by atoms with van der Waals surface area (Å²) in [7, 11) is 0. The highest BCUT2D eigenvalue weighted by atomic mass is 16.8. The molecule has 0 aliphatic carbocycles. The Kier molecular flexibility index (Phi) is 3.16. The van der Waals surface area contributed by atoms with E-state index in [-0.39, 0.29) is 31.4 Å². The molecule has 5 nitrogen and oxygen atoms in total. The maximum atomic E-state index is 11.2. The first-order valence-electron chi connectivity index (χ1n) is 4.94. The van der Waals surface area contributed by atoms with Crippen LogP contribution >= 0.6 is 0 Å². The minimum absolute atomic E-state index is 0.151. The first kappa shape index (κ1) is 10.6. The second kappa shape index (κ2) is 4.76. The molecule has 1 aromatic rings. The maximum Gasteiger partial charge on any atom is 0.254 e. The molecule has 16 heavy (non-hydrogen) atoms. The monoisotopic (exact) mass is 221 g/mol. The van der Waals surface area contributed by atoms with Gasteiger partial charge in [0.2, 0.25) is 6.79 Å². The first-order chi connectivity index (χ1) is 7.77. The van der Waals surface area contributed by atoms with Crippen molar-refractivity contribution < 1.29 is 19.2 Å². The standard InChI is InChI=1S/C11H11NO4/c13-10-6-7-11(14)12(10)16-8-15-9-4-2-1-3-5-9/h1-5H,6-8H2. The van der Waals surface area contributed by atoms with Gasteiger partial charge in [-0.05, 0) is 12.1 Å². The molecule has 1 aromatic carbocycles. The molecule has 0 aromatic heterocycles. The van der Waals surface area contributed by atoms with Crippen LogP contribution in [0.2, 0.25) is 0 Å². The van der Waals surface area contributed by atoms with E-state index in [0.717, 1.165) is 5.06 Å². The summed E-state index contributed by atoms with van der Waals surface area (Å²) in [6, 6.07) is 9.03. The van der Waals surface area contributed by atoms with Gasteiger partial charge in [0.05, 0.1) is 0 Å². The number of rotatable bonds is 4. The maximum absolute atomic E-state index is 11.2. The molecule has 0 spiro atoms. The molecule has 5 heteroatoms. The predicted octanol–water partition coefficient (Wildman–Crippen LogP) is 1.10. The lowest BCUT2D eigenvalue weighted by Crippen LogP contribution is -2.30. The number of amides is 2. The van der Waals surface area contributed by atoms with Gasteiger partial charge in [0, 0.05) is 12.8 Å². The minimum atomic E-state index is -0.318. The van der Waals surface area contributed by atoms with E-state index in [1.54, 1.807) is 12.1 Å². The summed E-state index contributed by atoms with van der Waals surface area (Å²) in [5.74, 6) is -0.00933. The zero-order valence-corrected chi connectivity index (χ0v) is 8.59. The van der Waals surface area contributed by atoms with Crippen LogP contribution in [0.5, 0.6) is 5.75 Å². The van der Waals surface area contributed by atoms with Gasteiger partial charge in [-0.15, -0.1) is 5.06 Å². The van der Waals surface area contributed by atoms with Gasteiger partial charge in [0.1, 0.15) is 5.75 Å². The molecule has 2 amide bonds. The lowest BCUT2D eigenvalue weighted by molar-refractivity contribution is -0.204. The average Bonchev–Trinajstić information content (AvgIpc) is 2.62. The third-order valence-corrected chi connectivity index (χ3v) is 2.16. The van der Waals surface area contributed by atoms with E-state index < -0.39 is 0 Å². The summed E-state index contributed by atoms with van der Waals surface area (Å²) in [5.41, 5.74) is 0. The van der Waals surface area contributed by atoms with E-state index in [1.165, 1.54) is 0 Å². The molecule has 1 aliphatic heterocycles. The summed E-state index contributed by atoms with van der Waals surface area (Å²) in [4.78, 5) is 27.2. The highest BCUT2D eigenvalue weighted by molar-refractivity contribution is 6.00. The minimum Gasteiger partial charge on any atom is -0.465 e. The highest BCUT2D eigenvalue weighted by Gasteiger charge is 2.30. The molecule has 84 valence electrons. The lowest BCUT2D eigenvalue weighted by Gasteiger charge is -2.13. The molecule has 0 atom stereocenters. The second-order valence-electron chi connectivity index (χ2n) is 3.29. The molecular weight excluding hydrogens is 210 g/mol. The zero-order valence-electron chi connectivity index (χ0n) is 8.59. The summed E-state index contributed by atoms with van der Waals surface area (Å²) in [5, 5.41) is 0.767. The molecule has 1 heterocycles. The van der Waals surface area contributed by atoms with Crippen LogP contribution in [-0.4, -0.2) is 23.7 Å². The smallest absolute Gasteiger partial charge is 0.254 e. The number of nitrogens with zero attached hydrogens (tertiary/aromatic N) is 1. The Morgan fingerprint density at radius 2 is 1.69 bits per heavy atom. The molecule has 0 unspecified atom stereocenters. The molecule has 2 rings (SSSR count). The van der Waals surface area contributed by atoms with Crippen molar-refractivity contribution in [1.29, 1.82) is 0 Å². The Bertz CT molecular complexity index is 374. The normalized spacial score (nSPS) is 15.6. The van der Waals surface area contributed by atoms with Crippen molar-refractivity contribution in [2.75, 3.05) is 6.79 Å². The van der Waals surface area contributed by atoms with Gasteiger partial charge in [-0.3, -0.25) is 9.59 Å². The van der Waals surface area contributed by atoms with E-state index in [9.17, 15) is 9.59 Å². The van der Waals surface area contributed by atoms with Gasteiger partial charge in [-0.25, -0.2) is 4.84 Å². The van der Waals surface area contributed by atoms with Crippen molar-refractivity contribution in [2.24, 2.45) is 0 Å². The fourth-order valence-electron chi connectivity index (χ4n) is 1.36. The van der Waals surface area contributed by atoms with E-state index in [4.69, 9.17) is 9.57 Å². The third-order valence-electron chi connectivity index (χ3n) is 2.16. The van der Waals surface area contributed by atoms with Crippen LogP contribution in [-0.2, 0) is 14.4 Å². The van der Waals surface area contributed by atoms with Crippen molar-refractivity contribution >= 4 is 11.8 Å². The topological polar surface area (TPSA) is 55.8 Å². The van der Waals surface area contributed by atoms with Crippen LogP contribution in [0.1, 0.15) is 12.8 Å². The fraction of sp³-hybridized carbons (Fsp3) is 0.273. The van der Waals surface area contributed by atoms with E-state index >= 15 is 0 Å². The summed E-state index contributed by atoms with van der Waals surface area (Å²) >= 11 is 0. The second-order valence-corrected chi connectivity index (χ2v) is 3.29. The Morgan fingerprint density at radius 1 is 1.06 bits per heavy atom. The number of carbonyl (C=O) groups excluding carboxylic acids is 2. The van der Waals surface area contributed by atoms with Crippen LogP contribution in [0.3, 0.4) is 0 Å². The number of hydrogen-bond donors (Lipinski definition) is 0. The number of benzene rings is 1. The molecule has 0 bridgehead atoms. The Morgan fingerprint density at radius 3 is 2.31 bits per heavy atom. The Hall–Kier alpha value is -1.88. The van der Waals surface area contributed by atoms with Gasteiger partial charge in [-0.2, -0.15) is 0 Å². The SMILES string of the molecule is O=C1CCC(=O)N1OCOc1ccccc1. The van der Waals surface area contributed by atoms with Crippen molar-refractivity contribution in [3.63, 3.8) is 0 Å². The van der Waals surface area contributed by atoms with Crippen LogP contribution in [0.15, 0.2) is 30.3 Å². The van der Waals surface area contributed by atoms with Crippen LogP contribution in [0, 0.1) is 0 Å². The quantitative estimate of drug-likeness (QED) is 0.564. The molecule has 0 radical (unpaired) electrons. The summed E-state index contributed by atoms with van der Waals surface area (Å²) in [6.07, 6.45) is 0.425. The lowest BCUT2D eigenvalue weighted by atomic mass is 10.3. The largest absolute Gasteiger partial charge is 0.465 e. The molecule has 1 fully saturated rings. The number of ether oxygens (including phenoxy) is 1. The van der Waals surface area contributed by atoms with E-state index in [1.807, 2.05) is 18.2 Å². The van der Waals surface area contributed by atoms with Gasteiger partial charge >= 0.3 is 0 Å². The van der Waals surface area contributed by atoms with E-state index in [0.29, 0.717) is 5.75 Å². The molecule has 0 N–H and O–H groups in total. The van der Waals surface area contributed by atoms with Crippen molar-refractivity contribution in [3.8, 4) is 5.75 Å². The molecular formula is C11H11NO4. The van der Waals surface area contributed by atoms with Gasteiger partial charge in [0.15, 0.2) is 0 Å². The van der Waals surface area contributed by atoms with Crippen molar-refractivity contribution in [3.05, 3.63) is 30.3 Å². The van der Waals surface area contributed by atoms with Crippen molar-refractivity contribution in [1.82, 2.24) is 5.06 Å². The van der Waals surface area contributed by atoms with Crippen LogP contribution in [0.4, 0.5) is 0 Å².